The molecule has 36 heavy (non-hydrogen) atoms. The molecule has 0 amide bonds. The maximum Gasteiger partial charge on any atom is 0.303 e. The van der Waals surface area contributed by atoms with Crippen LogP contribution in [0.4, 0.5) is 11.4 Å². The third-order valence-corrected chi connectivity index (χ3v) is 6.82. The number of carboxylic acid groups (broad SMARTS) is 1. The van der Waals surface area contributed by atoms with Crippen molar-refractivity contribution >= 4 is 34.7 Å². The number of carbonyl (C=O) groups is 1. The maximum atomic E-state index is 10.8. The van der Waals surface area contributed by atoms with E-state index >= 15 is 0 Å². The number of likely N-dealkylation sites (tertiary alicyclic amines) is 1. The summed E-state index contributed by atoms with van der Waals surface area (Å²) in [7, 11) is 0. The Kier molecular flexibility index (Phi) is 8.61. The van der Waals surface area contributed by atoms with Gasteiger partial charge >= 0.3 is 5.97 Å². The summed E-state index contributed by atoms with van der Waals surface area (Å²) >= 11 is 5.97. The summed E-state index contributed by atoms with van der Waals surface area (Å²) < 4.78 is 0. The number of hydrogen-bond donors (Lipinski definition) is 2. The first-order valence-electron chi connectivity index (χ1n) is 12.2. The SMILES string of the molecule is CC(=Nc1ccc(Cl)cc1N)c1ccc(-c2cnc(CCN3CCC(CCC(=O)O)CC3)nc2)nc1. The number of piperidine rings is 1. The molecule has 0 spiro atoms. The number of aliphatic carboxylic acids is 1. The molecule has 1 aliphatic heterocycles. The third kappa shape index (κ3) is 7.08. The number of halogens is 1. The van der Waals surface area contributed by atoms with Gasteiger partial charge < -0.3 is 15.7 Å². The zero-order valence-corrected chi connectivity index (χ0v) is 21.2. The van der Waals surface area contributed by atoms with Crippen molar-refractivity contribution in [3.63, 3.8) is 0 Å². The van der Waals surface area contributed by atoms with Crippen LogP contribution in [0.25, 0.3) is 11.3 Å². The highest BCUT2D eigenvalue weighted by Gasteiger charge is 2.19. The van der Waals surface area contributed by atoms with Gasteiger partial charge in [-0.05, 0) is 75.5 Å². The molecule has 3 aromatic rings. The second-order valence-electron chi connectivity index (χ2n) is 9.19. The van der Waals surface area contributed by atoms with Crippen LogP contribution in [0.5, 0.6) is 0 Å². The number of aromatic nitrogens is 3. The van der Waals surface area contributed by atoms with Gasteiger partial charge in [0.1, 0.15) is 5.82 Å². The summed E-state index contributed by atoms with van der Waals surface area (Å²) in [5.74, 6) is 0.636. The predicted molar refractivity (Wildman–Crippen MR) is 143 cm³/mol. The number of aliphatic imine (C=N–C) groups is 1. The first-order valence-corrected chi connectivity index (χ1v) is 12.6. The van der Waals surface area contributed by atoms with Gasteiger partial charge in [0.2, 0.25) is 0 Å². The molecule has 8 nitrogen and oxygen atoms in total. The standard InChI is InChI=1S/C27H31ClN6O2/c1-18(33-25-6-4-22(28)14-23(25)29)20-3-5-24(30-15-20)21-16-31-26(32-17-21)10-13-34-11-8-19(9-12-34)2-7-27(35)36/h3-6,14-17,19H,2,7-13,29H2,1H3,(H,35,36). The number of nitrogens with zero attached hydrogens (tertiary/aromatic N) is 5. The number of pyridine rings is 1. The highest BCUT2D eigenvalue weighted by atomic mass is 35.5. The summed E-state index contributed by atoms with van der Waals surface area (Å²) in [6.45, 7) is 4.84. The number of carboxylic acids is 1. The Morgan fingerprint density at radius 3 is 2.53 bits per heavy atom. The number of benzene rings is 1. The fourth-order valence-corrected chi connectivity index (χ4v) is 4.53. The Labute approximate surface area is 216 Å². The Morgan fingerprint density at radius 2 is 1.89 bits per heavy atom. The molecule has 0 atom stereocenters. The van der Waals surface area contributed by atoms with Crippen molar-refractivity contribution in [1.29, 1.82) is 0 Å². The molecule has 0 radical (unpaired) electrons. The largest absolute Gasteiger partial charge is 0.481 e. The predicted octanol–water partition coefficient (Wildman–Crippen LogP) is 5.03. The van der Waals surface area contributed by atoms with E-state index in [9.17, 15) is 4.79 Å². The van der Waals surface area contributed by atoms with Crippen LogP contribution in [0.2, 0.25) is 5.02 Å². The average molecular weight is 507 g/mol. The van der Waals surface area contributed by atoms with Crippen LogP contribution in [-0.2, 0) is 11.2 Å². The van der Waals surface area contributed by atoms with Crippen LogP contribution < -0.4 is 5.73 Å². The van der Waals surface area contributed by atoms with Crippen LogP contribution in [0.3, 0.4) is 0 Å². The highest BCUT2D eigenvalue weighted by molar-refractivity contribution is 6.31. The van der Waals surface area contributed by atoms with Crippen molar-refractivity contribution in [2.45, 2.75) is 39.0 Å². The van der Waals surface area contributed by atoms with Crippen LogP contribution in [0, 0.1) is 5.92 Å². The van der Waals surface area contributed by atoms with Gasteiger partial charge in [0, 0.05) is 59.8 Å². The summed E-state index contributed by atoms with van der Waals surface area (Å²) in [5.41, 5.74) is 10.6. The van der Waals surface area contributed by atoms with Crippen molar-refractivity contribution in [3.8, 4) is 11.3 Å². The van der Waals surface area contributed by atoms with Gasteiger partial charge in [0.25, 0.3) is 0 Å². The monoisotopic (exact) mass is 506 g/mol. The topological polar surface area (TPSA) is 118 Å². The molecule has 1 saturated heterocycles. The molecule has 1 aliphatic rings. The van der Waals surface area contributed by atoms with Crippen LogP contribution in [-0.4, -0.2) is 56.3 Å². The third-order valence-electron chi connectivity index (χ3n) is 6.59. The van der Waals surface area contributed by atoms with Crippen LogP contribution >= 0.6 is 11.6 Å². The summed E-state index contributed by atoms with van der Waals surface area (Å²) in [6, 6.07) is 9.16. The molecule has 9 heteroatoms. The molecule has 0 aliphatic carbocycles. The zero-order chi connectivity index (χ0) is 25.5. The van der Waals surface area contributed by atoms with E-state index in [4.69, 9.17) is 22.4 Å². The Hall–Kier alpha value is -3.36. The van der Waals surface area contributed by atoms with E-state index in [1.807, 2.05) is 31.5 Å². The molecule has 2 aromatic heterocycles. The van der Waals surface area contributed by atoms with E-state index in [2.05, 4.69) is 24.8 Å². The van der Waals surface area contributed by atoms with E-state index < -0.39 is 5.97 Å². The van der Waals surface area contributed by atoms with Gasteiger partial charge in [-0.1, -0.05) is 11.6 Å². The molecule has 0 saturated carbocycles. The number of hydrogen-bond acceptors (Lipinski definition) is 7. The van der Waals surface area contributed by atoms with Crippen molar-refractivity contribution < 1.29 is 9.90 Å². The van der Waals surface area contributed by atoms with E-state index in [0.29, 0.717) is 22.3 Å². The first-order chi connectivity index (χ1) is 17.4. The minimum Gasteiger partial charge on any atom is -0.481 e. The van der Waals surface area contributed by atoms with Gasteiger partial charge in [-0.3, -0.25) is 14.8 Å². The quantitative estimate of drug-likeness (QED) is 0.308. The molecule has 188 valence electrons. The minimum absolute atomic E-state index is 0.272. The van der Waals surface area contributed by atoms with E-state index in [1.54, 1.807) is 24.4 Å². The molecule has 1 fully saturated rings. The lowest BCUT2D eigenvalue weighted by atomic mass is 9.92. The molecule has 3 N–H and O–H groups in total. The Balaban J connectivity index is 1.29. The molecule has 1 aromatic carbocycles. The number of nitrogens with two attached hydrogens (primary N) is 1. The fraction of sp³-hybridized carbons (Fsp3) is 0.370. The summed E-state index contributed by atoms with van der Waals surface area (Å²) in [4.78, 5) is 31.4. The smallest absolute Gasteiger partial charge is 0.303 e. The van der Waals surface area contributed by atoms with Crippen molar-refractivity contribution in [2.24, 2.45) is 10.9 Å². The number of nitrogen functional groups attached to an aromatic ring is 1. The van der Waals surface area contributed by atoms with Gasteiger partial charge in [0.15, 0.2) is 0 Å². The molecular weight excluding hydrogens is 476 g/mol. The fourth-order valence-electron chi connectivity index (χ4n) is 4.35. The van der Waals surface area contributed by atoms with Crippen LogP contribution in [0.1, 0.15) is 44.0 Å². The molecule has 0 bridgehead atoms. The molecular formula is C27H31ClN6O2. The lowest BCUT2D eigenvalue weighted by Gasteiger charge is -2.31. The van der Waals surface area contributed by atoms with Gasteiger partial charge in [0.05, 0.1) is 17.1 Å². The zero-order valence-electron chi connectivity index (χ0n) is 20.4. The molecule has 4 rings (SSSR count). The van der Waals surface area contributed by atoms with E-state index in [-0.39, 0.29) is 6.42 Å². The average Bonchev–Trinajstić information content (AvgIpc) is 2.89. The van der Waals surface area contributed by atoms with Crippen molar-refractivity contribution in [3.05, 3.63) is 65.3 Å². The second-order valence-corrected chi connectivity index (χ2v) is 9.62. The summed E-state index contributed by atoms with van der Waals surface area (Å²) in [6.07, 6.45) is 9.39. The van der Waals surface area contributed by atoms with Gasteiger partial charge in [-0.25, -0.2) is 9.97 Å². The second kappa shape index (κ2) is 12.1. The Morgan fingerprint density at radius 1 is 1.14 bits per heavy atom. The maximum absolute atomic E-state index is 10.8. The van der Waals surface area contributed by atoms with E-state index in [1.165, 1.54) is 0 Å². The lowest BCUT2D eigenvalue weighted by Crippen LogP contribution is -2.35. The normalized spacial score (nSPS) is 15.2. The highest BCUT2D eigenvalue weighted by Crippen LogP contribution is 2.26. The minimum atomic E-state index is -0.701. The number of anilines is 1. The van der Waals surface area contributed by atoms with Crippen LogP contribution in [0.15, 0.2) is 53.9 Å². The molecule has 0 unspecified atom stereocenters. The van der Waals surface area contributed by atoms with Crippen molar-refractivity contribution in [2.75, 3.05) is 25.4 Å². The van der Waals surface area contributed by atoms with Crippen molar-refractivity contribution in [1.82, 2.24) is 19.9 Å². The summed E-state index contributed by atoms with van der Waals surface area (Å²) in [5, 5.41) is 9.44. The lowest BCUT2D eigenvalue weighted by molar-refractivity contribution is -0.137. The van der Waals surface area contributed by atoms with E-state index in [0.717, 1.165) is 73.7 Å². The number of rotatable bonds is 9. The first kappa shape index (κ1) is 25.7. The molecule has 3 heterocycles. The van der Waals surface area contributed by atoms with Gasteiger partial charge in [-0.2, -0.15) is 0 Å². The Bertz CT molecular complexity index is 1210. The van der Waals surface area contributed by atoms with Gasteiger partial charge in [-0.15, -0.1) is 0 Å².